The van der Waals surface area contributed by atoms with E-state index in [9.17, 15) is 0 Å². The van der Waals surface area contributed by atoms with Gasteiger partial charge in [-0.25, -0.2) is 0 Å². The van der Waals surface area contributed by atoms with Crippen LogP contribution < -0.4 is 14.8 Å². The third-order valence-electron chi connectivity index (χ3n) is 3.40. The topological polar surface area (TPSA) is 39.7 Å². The summed E-state index contributed by atoms with van der Waals surface area (Å²) in [6.45, 7) is 6.27. The Morgan fingerprint density at radius 1 is 1.33 bits per heavy atom. The molecule has 0 radical (unpaired) electrons. The van der Waals surface area contributed by atoms with Crippen LogP contribution in [0.15, 0.2) is 18.2 Å². The molecular weight excluding hydrogens is 266 g/mol. The summed E-state index contributed by atoms with van der Waals surface area (Å²) >= 11 is 0. The van der Waals surface area contributed by atoms with Gasteiger partial charge in [0.05, 0.1) is 13.2 Å². The van der Waals surface area contributed by atoms with Gasteiger partial charge in [0.25, 0.3) is 0 Å². The average Bonchev–Trinajstić information content (AvgIpc) is 3.28. The van der Waals surface area contributed by atoms with E-state index in [2.05, 4.69) is 18.3 Å². The first-order chi connectivity index (χ1) is 10.2. The van der Waals surface area contributed by atoms with Crippen LogP contribution in [-0.2, 0) is 11.3 Å². The minimum atomic E-state index is 0.0242. The first-order valence-corrected chi connectivity index (χ1v) is 7.87. The minimum Gasteiger partial charge on any atom is -0.493 e. The third-order valence-corrected chi connectivity index (χ3v) is 3.40. The fourth-order valence-corrected chi connectivity index (χ4v) is 2.13. The van der Waals surface area contributed by atoms with Gasteiger partial charge in [0.15, 0.2) is 0 Å². The summed E-state index contributed by atoms with van der Waals surface area (Å²) in [4.78, 5) is 0. The van der Waals surface area contributed by atoms with Crippen molar-refractivity contribution in [2.75, 3.05) is 20.3 Å². The third kappa shape index (κ3) is 5.56. The number of rotatable bonds is 10. The maximum Gasteiger partial charge on any atom is 0.128 e. The zero-order chi connectivity index (χ0) is 15.1. The van der Waals surface area contributed by atoms with Crippen LogP contribution in [0.2, 0.25) is 0 Å². The van der Waals surface area contributed by atoms with Gasteiger partial charge in [0.2, 0.25) is 0 Å². The van der Waals surface area contributed by atoms with E-state index in [1.807, 2.05) is 19.1 Å². The van der Waals surface area contributed by atoms with Crippen LogP contribution in [0, 0.1) is 0 Å². The lowest BCUT2D eigenvalue weighted by Gasteiger charge is -2.18. The van der Waals surface area contributed by atoms with E-state index in [0.29, 0.717) is 12.6 Å². The van der Waals surface area contributed by atoms with Gasteiger partial charge in [-0.05, 0) is 32.3 Å². The highest BCUT2D eigenvalue weighted by atomic mass is 16.5. The quantitative estimate of drug-likeness (QED) is 0.719. The molecule has 0 heterocycles. The van der Waals surface area contributed by atoms with Crippen LogP contribution in [0.5, 0.6) is 11.5 Å². The smallest absolute Gasteiger partial charge is 0.128 e. The predicted octanol–water partition coefficient (Wildman–Crippen LogP) is 3.14. The molecule has 1 N–H and O–H groups in total. The molecule has 1 aliphatic rings. The Morgan fingerprint density at radius 3 is 2.81 bits per heavy atom. The molecule has 21 heavy (non-hydrogen) atoms. The van der Waals surface area contributed by atoms with Crippen LogP contribution in [0.4, 0.5) is 0 Å². The van der Waals surface area contributed by atoms with Crippen LogP contribution in [0.3, 0.4) is 0 Å². The number of hydrogen-bond donors (Lipinski definition) is 1. The van der Waals surface area contributed by atoms with E-state index < -0.39 is 0 Å². The summed E-state index contributed by atoms with van der Waals surface area (Å²) < 4.78 is 16.9. The number of ether oxygens (including phenoxy) is 3. The van der Waals surface area contributed by atoms with Gasteiger partial charge in [0.1, 0.15) is 17.6 Å². The highest BCUT2D eigenvalue weighted by Gasteiger charge is 2.21. The average molecular weight is 293 g/mol. The van der Waals surface area contributed by atoms with E-state index in [1.54, 1.807) is 7.11 Å². The molecule has 1 aliphatic carbocycles. The largest absolute Gasteiger partial charge is 0.493 e. The maximum atomic E-state index is 6.01. The maximum absolute atomic E-state index is 6.01. The molecule has 0 saturated heterocycles. The lowest BCUT2D eigenvalue weighted by molar-refractivity contribution is 0.0911. The number of nitrogens with one attached hydrogen (secondary N) is 1. The van der Waals surface area contributed by atoms with Crippen molar-refractivity contribution in [1.82, 2.24) is 5.32 Å². The summed E-state index contributed by atoms with van der Waals surface area (Å²) in [5.41, 5.74) is 1.17. The van der Waals surface area contributed by atoms with Gasteiger partial charge >= 0.3 is 0 Å². The molecule has 1 saturated carbocycles. The first kappa shape index (κ1) is 16.1. The van der Waals surface area contributed by atoms with Gasteiger partial charge in [-0.1, -0.05) is 13.0 Å². The summed E-state index contributed by atoms with van der Waals surface area (Å²) in [5, 5.41) is 3.53. The molecule has 1 unspecified atom stereocenters. The van der Waals surface area contributed by atoms with Crippen molar-refractivity contribution in [3.63, 3.8) is 0 Å². The van der Waals surface area contributed by atoms with E-state index in [4.69, 9.17) is 14.2 Å². The molecule has 0 aromatic heterocycles. The number of benzene rings is 1. The van der Waals surface area contributed by atoms with Gasteiger partial charge in [-0.15, -0.1) is 0 Å². The number of methoxy groups -OCH3 is 1. The van der Waals surface area contributed by atoms with Crippen LogP contribution in [0.25, 0.3) is 0 Å². The van der Waals surface area contributed by atoms with Gasteiger partial charge in [0, 0.05) is 31.3 Å². The molecule has 1 atom stereocenters. The van der Waals surface area contributed by atoms with Gasteiger partial charge < -0.3 is 19.5 Å². The molecule has 2 rings (SSSR count). The zero-order valence-electron chi connectivity index (χ0n) is 13.4. The van der Waals surface area contributed by atoms with Crippen molar-refractivity contribution in [1.29, 1.82) is 0 Å². The lowest BCUT2D eigenvalue weighted by atomic mass is 10.2. The van der Waals surface area contributed by atoms with E-state index >= 15 is 0 Å². The van der Waals surface area contributed by atoms with Crippen molar-refractivity contribution in [3.05, 3.63) is 23.8 Å². The van der Waals surface area contributed by atoms with Crippen LogP contribution in [0.1, 0.15) is 38.7 Å². The van der Waals surface area contributed by atoms with Crippen LogP contribution in [-0.4, -0.2) is 32.5 Å². The summed E-state index contributed by atoms with van der Waals surface area (Å²) in [5.74, 6) is 1.76. The Balaban J connectivity index is 2.04. The normalized spacial score (nSPS) is 15.8. The second kappa shape index (κ2) is 8.25. The van der Waals surface area contributed by atoms with E-state index in [0.717, 1.165) is 31.1 Å². The zero-order valence-corrected chi connectivity index (χ0v) is 13.4. The molecule has 0 spiro atoms. The molecule has 0 aliphatic heterocycles. The summed E-state index contributed by atoms with van der Waals surface area (Å²) in [6.07, 6.45) is 3.60. The summed E-state index contributed by atoms with van der Waals surface area (Å²) in [7, 11) is 1.69. The molecule has 4 nitrogen and oxygen atoms in total. The first-order valence-electron chi connectivity index (χ1n) is 7.87. The van der Waals surface area contributed by atoms with Crippen molar-refractivity contribution < 1.29 is 14.2 Å². The van der Waals surface area contributed by atoms with Crippen molar-refractivity contribution in [3.8, 4) is 11.5 Å². The molecule has 1 fully saturated rings. The van der Waals surface area contributed by atoms with Gasteiger partial charge in [-0.3, -0.25) is 0 Å². The van der Waals surface area contributed by atoms with Crippen LogP contribution >= 0.6 is 0 Å². The Labute approximate surface area is 127 Å². The Morgan fingerprint density at radius 2 is 2.14 bits per heavy atom. The molecule has 1 aromatic rings. The molecule has 118 valence electrons. The fourth-order valence-electron chi connectivity index (χ4n) is 2.13. The second-order valence-corrected chi connectivity index (χ2v) is 5.66. The minimum absolute atomic E-state index is 0.0242. The summed E-state index contributed by atoms with van der Waals surface area (Å²) in [6, 6.07) is 6.79. The molecule has 1 aromatic carbocycles. The lowest BCUT2D eigenvalue weighted by Crippen LogP contribution is -2.21. The monoisotopic (exact) mass is 293 g/mol. The SMILES string of the molecule is CCCOc1ccc(CNC2CC2)c(OC(C)COC)c1. The fraction of sp³-hybridized carbons (Fsp3) is 0.647. The molecule has 0 bridgehead atoms. The standard InChI is InChI=1S/C17H27NO3/c1-4-9-20-16-8-5-14(11-18-15-6-7-15)17(10-16)21-13(2)12-19-3/h5,8,10,13,15,18H,4,6-7,9,11-12H2,1-3H3. The molecule has 4 heteroatoms. The highest BCUT2D eigenvalue weighted by Crippen LogP contribution is 2.27. The van der Waals surface area contributed by atoms with Crippen molar-refractivity contribution in [2.45, 2.75) is 51.8 Å². The van der Waals surface area contributed by atoms with Gasteiger partial charge in [-0.2, -0.15) is 0 Å². The second-order valence-electron chi connectivity index (χ2n) is 5.66. The molecule has 0 amide bonds. The Kier molecular flexibility index (Phi) is 6.33. The highest BCUT2D eigenvalue weighted by molar-refractivity contribution is 5.41. The molecular formula is C17H27NO3. The van der Waals surface area contributed by atoms with Crippen molar-refractivity contribution >= 4 is 0 Å². The van der Waals surface area contributed by atoms with E-state index in [-0.39, 0.29) is 6.10 Å². The predicted molar refractivity (Wildman–Crippen MR) is 84.1 cm³/mol. The number of hydrogen-bond acceptors (Lipinski definition) is 4. The Hall–Kier alpha value is -1.26. The Bertz CT molecular complexity index is 432. The van der Waals surface area contributed by atoms with E-state index in [1.165, 1.54) is 18.4 Å². The van der Waals surface area contributed by atoms with Crippen molar-refractivity contribution in [2.24, 2.45) is 0 Å².